The number of nitrogens with one attached hydrogen (secondary N) is 1. The van der Waals surface area contributed by atoms with Crippen LogP contribution >= 0.6 is 11.6 Å². The van der Waals surface area contributed by atoms with Crippen LogP contribution in [0.25, 0.3) is 16.9 Å². The van der Waals surface area contributed by atoms with Crippen LogP contribution in [0.15, 0.2) is 67.4 Å². The number of imidazole rings is 2. The summed E-state index contributed by atoms with van der Waals surface area (Å²) in [4.78, 5) is 21.3. The van der Waals surface area contributed by atoms with Crippen LogP contribution in [0.2, 0.25) is 5.02 Å². The number of aryl methyl sites for hydroxylation is 1. The zero-order chi connectivity index (χ0) is 19.3. The molecule has 0 aliphatic rings. The molecule has 1 amide bonds. The van der Waals surface area contributed by atoms with Gasteiger partial charge in [0.15, 0.2) is 0 Å². The SMILES string of the molecule is O=C(Cc1c(-c2ccc(Cl)cc2)nc2ccccn12)NCCCn1ccnc1. The summed E-state index contributed by atoms with van der Waals surface area (Å²) in [7, 11) is 0. The van der Waals surface area contributed by atoms with Crippen LogP contribution in [0.4, 0.5) is 0 Å². The van der Waals surface area contributed by atoms with E-state index in [2.05, 4.69) is 10.3 Å². The Morgan fingerprint density at radius 3 is 2.75 bits per heavy atom. The van der Waals surface area contributed by atoms with Crippen LogP contribution in [0.1, 0.15) is 12.1 Å². The molecule has 1 aromatic carbocycles. The van der Waals surface area contributed by atoms with Crippen LogP contribution < -0.4 is 5.32 Å². The maximum atomic E-state index is 12.6. The average Bonchev–Trinajstić information content (AvgIpc) is 3.34. The van der Waals surface area contributed by atoms with Gasteiger partial charge in [0, 0.05) is 42.3 Å². The highest BCUT2D eigenvalue weighted by atomic mass is 35.5. The van der Waals surface area contributed by atoms with E-state index in [-0.39, 0.29) is 12.3 Å². The first-order valence-electron chi connectivity index (χ1n) is 9.15. The predicted molar refractivity (Wildman–Crippen MR) is 109 cm³/mol. The molecule has 0 bridgehead atoms. The fourth-order valence-corrected chi connectivity index (χ4v) is 3.30. The lowest BCUT2D eigenvalue weighted by Crippen LogP contribution is -2.27. The van der Waals surface area contributed by atoms with Crippen molar-refractivity contribution in [2.75, 3.05) is 6.54 Å². The van der Waals surface area contributed by atoms with Crippen LogP contribution in [-0.2, 0) is 17.8 Å². The van der Waals surface area contributed by atoms with Crippen LogP contribution in [-0.4, -0.2) is 31.4 Å². The molecule has 6 nitrogen and oxygen atoms in total. The number of hydrogen-bond acceptors (Lipinski definition) is 3. The first-order valence-corrected chi connectivity index (χ1v) is 9.53. The van der Waals surface area contributed by atoms with Gasteiger partial charge < -0.3 is 14.3 Å². The van der Waals surface area contributed by atoms with E-state index in [1.54, 1.807) is 12.5 Å². The summed E-state index contributed by atoms with van der Waals surface area (Å²) in [5.74, 6) is -0.0218. The van der Waals surface area contributed by atoms with E-state index in [0.29, 0.717) is 11.6 Å². The highest BCUT2D eigenvalue weighted by Gasteiger charge is 2.16. The second kappa shape index (κ2) is 8.27. The van der Waals surface area contributed by atoms with E-state index in [0.717, 1.165) is 35.6 Å². The second-order valence-corrected chi connectivity index (χ2v) is 6.96. The number of halogens is 1. The number of benzene rings is 1. The van der Waals surface area contributed by atoms with Gasteiger partial charge in [-0.05, 0) is 30.7 Å². The van der Waals surface area contributed by atoms with Crippen molar-refractivity contribution in [3.05, 3.63) is 78.1 Å². The Morgan fingerprint density at radius 1 is 1.11 bits per heavy atom. The third-order valence-corrected chi connectivity index (χ3v) is 4.80. The summed E-state index contributed by atoms with van der Waals surface area (Å²) in [6.45, 7) is 1.44. The number of amides is 1. The average molecular weight is 394 g/mol. The minimum Gasteiger partial charge on any atom is -0.356 e. The van der Waals surface area contributed by atoms with E-state index in [1.165, 1.54) is 0 Å². The molecule has 0 saturated heterocycles. The molecule has 4 rings (SSSR count). The highest BCUT2D eigenvalue weighted by molar-refractivity contribution is 6.30. The lowest BCUT2D eigenvalue weighted by molar-refractivity contribution is -0.120. The predicted octanol–water partition coefficient (Wildman–Crippen LogP) is 3.60. The second-order valence-electron chi connectivity index (χ2n) is 6.52. The van der Waals surface area contributed by atoms with Gasteiger partial charge in [-0.15, -0.1) is 0 Å². The van der Waals surface area contributed by atoms with Crippen molar-refractivity contribution in [2.45, 2.75) is 19.4 Å². The van der Waals surface area contributed by atoms with Crippen molar-refractivity contribution in [3.8, 4) is 11.3 Å². The zero-order valence-corrected chi connectivity index (χ0v) is 16.0. The number of pyridine rings is 1. The number of rotatable bonds is 7. The van der Waals surface area contributed by atoms with Crippen molar-refractivity contribution in [1.82, 2.24) is 24.3 Å². The van der Waals surface area contributed by atoms with Crippen LogP contribution in [0.5, 0.6) is 0 Å². The van der Waals surface area contributed by atoms with Gasteiger partial charge in [-0.1, -0.05) is 29.8 Å². The fraction of sp³-hybridized carbons (Fsp3) is 0.190. The third kappa shape index (κ3) is 4.07. The third-order valence-electron chi connectivity index (χ3n) is 4.55. The Kier molecular flexibility index (Phi) is 5.39. The molecular formula is C21H20ClN5O. The summed E-state index contributed by atoms with van der Waals surface area (Å²) in [5.41, 5.74) is 3.42. The van der Waals surface area contributed by atoms with Crippen molar-refractivity contribution < 1.29 is 4.79 Å². The van der Waals surface area contributed by atoms with Crippen LogP contribution in [0.3, 0.4) is 0 Å². The van der Waals surface area contributed by atoms with E-state index < -0.39 is 0 Å². The van der Waals surface area contributed by atoms with Crippen molar-refractivity contribution in [1.29, 1.82) is 0 Å². The Hall–Kier alpha value is -3.12. The summed E-state index contributed by atoms with van der Waals surface area (Å²) >= 11 is 6.01. The Labute approximate surface area is 167 Å². The number of aromatic nitrogens is 4. The molecular weight excluding hydrogens is 374 g/mol. The molecule has 0 fully saturated rings. The quantitative estimate of drug-likeness (QED) is 0.488. The molecule has 142 valence electrons. The minimum absolute atomic E-state index is 0.0218. The zero-order valence-electron chi connectivity index (χ0n) is 15.3. The summed E-state index contributed by atoms with van der Waals surface area (Å²) in [5, 5.41) is 3.67. The molecule has 0 unspecified atom stereocenters. The van der Waals surface area contributed by atoms with Crippen molar-refractivity contribution >= 4 is 23.2 Å². The number of nitrogens with zero attached hydrogens (tertiary/aromatic N) is 4. The molecule has 3 heterocycles. The van der Waals surface area contributed by atoms with E-state index >= 15 is 0 Å². The molecule has 0 saturated carbocycles. The standard InChI is InChI=1S/C21H20ClN5O/c22-17-7-5-16(6-8-17)21-18(27-12-2-1-4-19(27)25-21)14-20(28)24-9-3-11-26-13-10-23-15-26/h1-2,4-8,10,12-13,15H,3,9,11,14H2,(H,24,28). The Balaban J connectivity index is 1.49. The maximum absolute atomic E-state index is 12.6. The number of carbonyl (C=O) groups excluding carboxylic acids is 1. The molecule has 0 aliphatic heterocycles. The van der Waals surface area contributed by atoms with Crippen LogP contribution in [0, 0.1) is 0 Å². The Morgan fingerprint density at radius 2 is 1.96 bits per heavy atom. The first-order chi connectivity index (χ1) is 13.7. The molecule has 7 heteroatoms. The molecule has 4 aromatic rings. The smallest absolute Gasteiger partial charge is 0.226 e. The summed E-state index contributed by atoms with van der Waals surface area (Å²) in [6, 6.07) is 13.3. The molecule has 3 aromatic heterocycles. The molecule has 0 spiro atoms. The van der Waals surface area contributed by atoms with Gasteiger partial charge in [0.05, 0.1) is 24.1 Å². The first kappa shape index (κ1) is 18.3. The molecule has 0 aliphatic carbocycles. The maximum Gasteiger partial charge on any atom is 0.226 e. The van der Waals surface area contributed by atoms with E-state index in [1.807, 2.05) is 63.8 Å². The number of fused-ring (bicyclic) bond motifs is 1. The number of carbonyl (C=O) groups is 1. The lowest BCUT2D eigenvalue weighted by Gasteiger charge is -2.08. The van der Waals surface area contributed by atoms with E-state index in [4.69, 9.17) is 16.6 Å². The monoisotopic (exact) mass is 393 g/mol. The molecule has 0 atom stereocenters. The van der Waals surface area contributed by atoms with Gasteiger partial charge in [0.25, 0.3) is 0 Å². The lowest BCUT2D eigenvalue weighted by atomic mass is 10.1. The van der Waals surface area contributed by atoms with Crippen molar-refractivity contribution in [2.24, 2.45) is 0 Å². The van der Waals surface area contributed by atoms with Gasteiger partial charge in [-0.25, -0.2) is 9.97 Å². The van der Waals surface area contributed by atoms with Gasteiger partial charge in [-0.3, -0.25) is 4.79 Å². The van der Waals surface area contributed by atoms with E-state index in [9.17, 15) is 4.79 Å². The fourth-order valence-electron chi connectivity index (χ4n) is 3.18. The topological polar surface area (TPSA) is 64.2 Å². The molecule has 0 radical (unpaired) electrons. The van der Waals surface area contributed by atoms with Gasteiger partial charge >= 0.3 is 0 Å². The normalized spacial score (nSPS) is 11.0. The number of hydrogen-bond donors (Lipinski definition) is 1. The Bertz CT molecular complexity index is 1070. The van der Waals surface area contributed by atoms with Crippen molar-refractivity contribution in [3.63, 3.8) is 0 Å². The largest absolute Gasteiger partial charge is 0.356 e. The van der Waals surface area contributed by atoms with Gasteiger partial charge in [0.2, 0.25) is 5.91 Å². The molecule has 28 heavy (non-hydrogen) atoms. The summed E-state index contributed by atoms with van der Waals surface area (Å²) in [6.07, 6.45) is 8.48. The highest BCUT2D eigenvalue weighted by Crippen LogP contribution is 2.26. The summed E-state index contributed by atoms with van der Waals surface area (Å²) < 4.78 is 3.96. The van der Waals surface area contributed by atoms with Gasteiger partial charge in [-0.2, -0.15) is 0 Å². The van der Waals surface area contributed by atoms with Gasteiger partial charge in [0.1, 0.15) is 5.65 Å². The minimum atomic E-state index is -0.0218. The molecule has 1 N–H and O–H groups in total.